The van der Waals surface area contributed by atoms with Gasteiger partial charge in [0.05, 0.1) is 6.04 Å². The van der Waals surface area contributed by atoms with Crippen molar-refractivity contribution in [1.29, 1.82) is 0 Å². The summed E-state index contributed by atoms with van der Waals surface area (Å²) in [6.07, 6.45) is -5.11. The Kier molecular flexibility index (Phi) is 5.08. The second kappa shape index (κ2) is 6.19. The van der Waals surface area contributed by atoms with E-state index in [1.165, 1.54) is 0 Å². The van der Waals surface area contributed by atoms with E-state index in [0.29, 0.717) is 12.0 Å². The molecule has 0 fully saturated rings. The Morgan fingerprint density at radius 1 is 1.15 bits per heavy atom. The van der Waals surface area contributed by atoms with E-state index in [1.54, 1.807) is 42.6 Å². The highest BCUT2D eigenvalue weighted by Crippen LogP contribution is 2.36. The van der Waals surface area contributed by atoms with Gasteiger partial charge >= 0.3 is 18.0 Å². The van der Waals surface area contributed by atoms with Crippen LogP contribution in [0.1, 0.15) is 31.4 Å². The lowest BCUT2D eigenvalue weighted by Crippen LogP contribution is -2.51. The SMILES string of the molecule is CCCC(NC(=O)C(F)(F)C(F)(F)F)c1ccccc1. The topological polar surface area (TPSA) is 29.1 Å². The van der Waals surface area contributed by atoms with Crippen LogP contribution in [0.5, 0.6) is 0 Å². The molecular weight excluding hydrogens is 281 g/mol. The number of nitrogens with one attached hydrogen (secondary N) is 1. The molecule has 0 saturated carbocycles. The van der Waals surface area contributed by atoms with E-state index in [-0.39, 0.29) is 6.42 Å². The molecule has 1 unspecified atom stereocenters. The van der Waals surface area contributed by atoms with Gasteiger partial charge in [-0.2, -0.15) is 22.0 Å². The minimum atomic E-state index is -5.90. The van der Waals surface area contributed by atoms with Crippen molar-refractivity contribution in [3.8, 4) is 0 Å². The highest BCUT2D eigenvalue weighted by atomic mass is 19.4. The number of hydrogen-bond acceptors (Lipinski definition) is 1. The number of halogens is 5. The summed E-state index contributed by atoms with van der Waals surface area (Å²) in [4.78, 5) is 11.2. The van der Waals surface area contributed by atoms with E-state index < -0.39 is 24.0 Å². The van der Waals surface area contributed by atoms with Crippen molar-refractivity contribution >= 4 is 5.91 Å². The fraction of sp³-hybridized carbons (Fsp3) is 0.462. The molecule has 0 radical (unpaired) electrons. The number of alkyl halides is 5. The van der Waals surface area contributed by atoms with Crippen molar-refractivity contribution in [2.45, 2.75) is 37.9 Å². The molecule has 20 heavy (non-hydrogen) atoms. The van der Waals surface area contributed by atoms with Gasteiger partial charge in [-0.15, -0.1) is 0 Å². The number of carbonyl (C=O) groups excluding carboxylic acids is 1. The second-order valence-corrected chi connectivity index (χ2v) is 4.30. The maximum absolute atomic E-state index is 12.9. The van der Waals surface area contributed by atoms with Crippen LogP contribution in [-0.2, 0) is 4.79 Å². The van der Waals surface area contributed by atoms with Crippen LogP contribution in [0.3, 0.4) is 0 Å². The van der Waals surface area contributed by atoms with Gasteiger partial charge < -0.3 is 5.32 Å². The predicted molar refractivity (Wildman–Crippen MR) is 63.2 cm³/mol. The molecule has 1 aromatic rings. The fourth-order valence-corrected chi connectivity index (χ4v) is 1.67. The first-order valence-electron chi connectivity index (χ1n) is 6.00. The van der Waals surface area contributed by atoms with Crippen LogP contribution in [0.15, 0.2) is 30.3 Å². The number of rotatable bonds is 5. The minimum Gasteiger partial charge on any atom is -0.344 e. The molecule has 0 aliphatic carbocycles. The number of benzene rings is 1. The van der Waals surface area contributed by atoms with Crippen LogP contribution >= 0.6 is 0 Å². The molecule has 0 bridgehead atoms. The van der Waals surface area contributed by atoms with Crippen LogP contribution in [-0.4, -0.2) is 18.0 Å². The molecule has 1 aromatic carbocycles. The van der Waals surface area contributed by atoms with Gasteiger partial charge in [0, 0.05) is 0 Å². The maximum Gasteiger partial charge on any atom is 0.463 e. The molecule has 1 atom stereocenters. The number of hydrogen-bond donors (Lipinski definition) is 1. The first kappa shape index (κ1) is 16.4. The maximum atomic E-state index is 12.9. The van der Waals surface area contributed by atoms with Crippen molar-refractivity contribution < 1.29 is 26.7 Å². The summed E-state index contributed by atoms with van der Waals surface area (Å²) in [6, 6.07) is 7.16. The third-order valence-corrected chi connectivity index (χ3v) is 2.73. The molecule has 1 amide bonds. The summed E-state index contributed by atoms with van der Waals surface area (Å²) in [5, 5.41) is 1.77. The molecule has 1 rings (SSSR count). The molecule has 0 aliphatic heterocycles. The minimum absolute atomic E-state index is 0.268. The lowest BCUT2D eigenvalue weighted by atomic mass is 10.0. The second-order valence-electron chi connectivity index (χ2n) is 4.30. The molecule has 112 valence electrons. The number of carbonyl (C=O) groups is 1. The summed E-state index contributed by atoms with van der Waals surface area (Å²) in [7, 11) is 0. The lowest BCUT2D eigenvalue weighted by Gasteiger charge is -2.23. The quantitative estimate of drug-likeness (QED) is 0.822. The Morgan fingerprint density at radius 3 is 2.15 bits per heavy atom. The van der Waals surface area contributed by atoms with Gasteiger partial charge in [0.1, 0.15) is 0 Å². The zero-order chi connectivity index (χ0) is 15.4. The molecule has 7 heteroatoms. The van der Waals surface area contributed by atoms with E-state index in [9.17, 15) is 26.7 Å². The standard InChI is InChI=1S/C13H14F5NO/c1-2-6-10(9-7-4-3-5-8-9)19-11(20)12(14,15)13(16,17)18/h3-5,7-8,10H,2,6H2,1H3,(H,19,20). The van der Waals surface area contributed by atoms with Crippen LogP contribution in [0, 0.1) is 0 Å². The smallest absolute Gasteiger partial charge is 0.344 e. The van der Waals surface area contributed by atoms with Gasteiger partial charge in [-0.25, -0.2) is 0 Å². The van der Waals surface area contributed by atoms with E-state index >= 15 is 0 Å². The normalized spacial score (nSPS) is 13.9. The Bertz CT molecular complexity index is 444. The molecule has 0 aromatic heterocycles. The van der Waals surface area contributed by atoms with Crippen molar-refractivity contribution in [3.63, 3.8) is 0 Å². The highest BCUT2D eigenvalue weighted by Gasteiger charge is 2.63. The Hall–Kier alpha value is -1.66. The van der Waals surface area contributed by atoms with Gasteiger partial charge in [0.15, 0.2) is 0 Å². The van der Waals surface area contributed by atoms with E-state index in [0.717, 1.165) is 0 Å². The average Bonchev–Trinajstić information content (AvgIpc) is 2.37. The largest absolute Gasteiger partial charge is 0.463 e. The van der Waals surface area contributed by atoms with Crippen LogP contribution in [0.25, 0.3) is 0 Å². The van der Waals surface area contributed by atoms with Gasteiger partial charge in [0.2, 0.25) is 0 Å². The van der Waals surface area contributed by atoms with Gasteiger partial charge in [-0.3, -0.25) is 4.79 Å². The first-order valence-corrected chi connectivity index (χ1v) is 6.00. The van der Waals surface area contributed by atoms with E-state index in [4.69, 9.17) is 0 Å². The summed E-state index contributed by atoms with van der Waals surface area (Å²) in [5.74, 6) is -7.72. The third-order valence-electron chi connectivity index (χ3n) is 2.73. The fourth-order valence-electron chi connectivity index (χ4n) is 1.67. The Morgan fingerprint density at radius 2 is 1.70 bits per heavy atom. The lowest BCUT2D eigenvalue weighted by molar-refractivity contribution is -0.270. The van der Waals surface area contributed by atoms with Crippen LogP contribution in [0.4, 0.5) is 22.0 Å². The highest BCUT2D eigenvalue weighted by molar-refractivity contribution is 5.84. The van der Waals surface area contributed by atoms with E-state index in [1.807, 2.05) is 0 Å². The van der Waals surface area contributed by atoms with Crippen molar-refractivity contribution in [1.82, 2.24) is 5.32 Å². The average molecular weight is 295 g/mol. The number of amides is 1. The summed E-state index contributed by atoms with van der Waals surface area (Å²) in [5.41, 5.74) is 0.487. The van der Waals surface area contributed by atoms with Gasteiger partial charge in [0.25, 0.3) is 0 Å². The zero-order valence-electron chi connectivity index (χ0n) is 10.7. The first-order chi connectivity index (χ1) is 9.20. The summed E-state index contributed by atoms with van der Waals surface area (Å²) >= 11 is 0. The molecular formula is C13H14F5NO. The summed E-state index contributed by atoms with van der Waals surface area (Å²) in [6.45, 7) is 1.74. The van der Waals surface area contributed by atoms with E-state index in [2.05, 4.69) is 0 Å². The molecule has 0 spiro atoms. The Labute approximate surface area is 113 Å². The molecule has 1 N–H and O–H groups in total. The monoisotopic (exact) mass is 295 g/mol. The summed E-state index contributed by atoms with van der Waals surface area (Å²) < 4.78 is 62.1. The van der Waals surface area contributed by atoms with Crippen molar-refractivity contribution in [2.75, 3.05) is 0 Å². The predicted octanol–water partition coefficient (Wildman–Crippen LogP) is 3.84. The van der Waals surface area contributed by atoms with Crippen molar-refractivity contribution in [2.24, 2.45) is 0 Å². The van der Waals surface area contributed by atoms with Crippen molar-refractivity contribution in [3.05, 3.63) is 35.9 Å². The third kappa shape index (κ3) is 3.68. The van der Waals surface area contributed by atoms with Crippen LogP contribution < -0.4 is 5.32 Å². The molecule has 2 nitrogen and oxygen atoms in total. The molecule has 0 aliphatic rings. The molecule has 0 saturated heterocycles. The zero-order valence-corrected chi connectivity index (χ0v) is 10.7. The molecule has 0 heterocycles. The Balaban J connectivity index is 2.90. The van der Waals surface area contributed by atoms with Gasteiger partial charge in [-0.05, 0) is 12.0 Å². The van der Waals surface area contributed by atoms with Crippen LogP contribution in [0.2, 0.25) is 0 Å². The van der Waals surface area contributed by atoms with Gasteiger partial charge in [-0.1, -0.05) is 43.7 Å².